The SMILES string of the molecule is Brc1cccc(NC23CC4CC(CC(C4)C2)C3)c1. The molecule has 1 N–H and O–H groups in total. The third kappa shape index (κ3) is 1.89. The van der Waals surface area contributed by atoms with Crippen LogP contribution >= 0.6 is 15.9 Å². The number of nitrogens with one attached hydrogen (secondary N) is 1. The van der Waals surface area contributed by atoms with E-state index in [1.54, 1.807) is 0 Å². The van der Waals surface area contributed by atoms with Crippen LogP contribution in [0, 0.1) is 17.8 Å². The molecular formula is C16H20BrN. The Morgan fingerprint density at radius 2 is 1.61 bits per heavy atom. The molecule has 0 aromatic heterocycles. The van der Waals surface area contributed by atoms with Crippen LogP contribution in [0.25, 0.3) is 0 Å². The van der Waals surface area contributed by atoms with Gasteiger partial charge in [-0.3, -0.25) is 0 Å². The summed E-state index contributed by atoms with van der Waals surface area (Å²) in [6.07, 6.45) is 8.76. The highest BCUT2D eigenvalue weighted by Crippen LogP contribution is 2.56. The van der Waals surface area contributed by atoms with Gasteiger partial charge in [-0.1, -0.05) is 22.0 Å². The topological polar surface area (TPSA) is 12.0 Å². The first kappa shape index (κ1) is 11.3. The molecule has 0 unspecified atom stereocenters. The Hall–Kier alpha value is -0.500. The molecule has 0 aliphatic heterocycles. The molecule has 5 rings (SSSR count). The maximum atomic E-state index is 3.90. The number of halogens is 1. The van der Waals surface area contributed by atoms with Gasteiger partial charge < -0.3 is 5.32 Å². The normalized spacial score (nSPS) is 41.1. The Morgan fingerprint density at radius 3 is 2.17 bits per heavy atom. The summed E-state index contributed by atoms with van der Waals surface area (Å²) in [6, 6.07) is 8.67. The predicted molar refractivity (Wildman–Crippen MR) is 78.7 cm³/mol. The van der Waals surface area contributed by atoms with Crippen LogP contribution in [-0.2, 0) is 0 Å². The van der Waals surface area contributed by atoms with Crippen LogP contribution < -0.4 is 5.32 Å². The summed E-state index contributed by atoms with van der Waals surface area (Å²) in [4.78, 5) is 0. The van der Waals surface area contributed by atoms with Crippen molar-refractivity contribution in [3.8, 4) is 0 Å². The van der Waals surface area contributed by atoms with E-state index in [2.05, 4.69) is 45.5 Å². The lowest BCUT2D eigenvalue weighted by Gasteiger charge is -2.57. The predicted octanol–water partition coefficient (Wildman–Crippen LogP) is 4.83. The highest BCUT2D eigenvalue weighted by atomic mass is 79.9. The average Bonchev–Trinajstić information content (AvgIpc) is 2.25. The van der Waals surface area contributed by atoms with E-state index in [1.807, 2.05) is 0 Å². The average molecular weight is 306 g/mol. The number of rotatable bonds is 2. The molecule has 0 heterocycles. The minimum atomic E-state index is 0.426. The zero-order valence-corrected chi connectivity index (χ0v) is 12.2. The van der Waals surface area contributed by atoms with Crippen LogP contribution in [0.2, 0.25) is 0 Å². The smallest absolute Gasteiger partial charge is 0.0381 e. The summed E-state index contributed by atoms with van der Waals surface area (Å²) < 4.78 is 1.18. The fraction of sp³-hybridized carbons (Fsp3) is 0.625. The molecule has 0 saturated heterocycles. The second kappa shape index (κ2) is 4.00. The number of benzene rings is 1. The summed E-state index contributed by atoms with van der Waals surface area (Å²) in [5.74, 6) is 3.03. The molecule has 4 fully saturated rings. The molecule has 0 amide bonds. The van der Waals surface area contributed by atoms with Crippen molar-refractivity contribution in [3.63, 3.8) is 0 Å². The number of hydrogen-bond acceptors (Lipinski definition) is 1. The lowest BCUT2D eigenvalue weighted by atomic mass is 9.53. The minimum Gasteiger partial charge on any atom is -0.380 e. The van der Waals surface area contributed by atoms with Crippen LogP contribution in [0.15, 0.2) is 28.7 Å². The Bertz CT molecular complexity index is 433. The number of hydrogen-bond donors (Lipinski definition) is 1. The summed E-state index contributed by atoms with van der Waals surface area (Å²) in [7, 11) is 0. The van der Waals surface area contributed by atoms with E-state index in [1.165, 1.54) is 48.7 Å². The quantitative estimate of drug-likeness (QED) is 0.825. The van der Waals surface area contributed by atoms with Crippen molar-refractivity contribution in [1.29, 1.82) is 0 Å². The van der Waals surface area contributed by atoms with Gasteiger partial charge in [0.2, 0.25) is 0 Å². The highest BCUT2D eigenvalue weighted by molar-refractivity contribution is 9.10. The minimum absolute atomic E-state index is 0.426. The van der Waals surface area contributed by atoms with E-state index >= 15 is 0 Å². The van der Waals surface area contributed by atoms with Gasteiger partial charge in [-0.15, -0.1) is 0 Å². The molecule has 4 saturated carbocycles. The third-order valence-electron chi connectivity index (χ3n) is 5.27. The summed E-state index contributed by atoms with van der Waals surface area (Å²) >= 11 is 3.57. The van der Waals surface area contributed by atoms with Crippen LogP contribution in [0.1, 0.15) is 38.5 Å². The molecule has 0 spiro atoms. The monoisotopic (exact) mass is 305 g/mol. The fourth-order valence-corrected chi connectivity index (χ4v) is 5.54. The molecule has 4 aliphatic rings. The second-order valence-corrected chi connectivity index (χ2v) is 7.75. The second-order valence-electron chi connectivity index (χ2n) is 6.83. The van der Waals surface area contributed by atoms with Gasteiger partial charge in [0.1, 0.15) is 0 Å². The molecule has 2 heteroatoms. The first-order valence-corrected chi connectivity index (χ1v) is 8.04. The largest absolute Gasteiger partial charge is 0.380 e. The third-order valence-corrected chi connectivity index (χ3v) is 5.77. The maximum absolute atomic E-state index is 3.90. The van der Waals surface area contributed by atoms with Crippen LogP contribution in [0.3, 0.4) is 0 Å². The van der Waals surface area contributed by atoms with Crippen LogP contribution in [0.4, 0.5) is 5.69 Å². The van der Waals surface area contributed by atoms with Crippen LogP contribution in [-0.4, -0.2) is 5.54 Å². The van der Waals surface area contributed by atoms with E-state index in [9.17, 15) is 0 Å². The number of anilines is 1. The van der Waals surface area contributed by atoms with Gasteiger partial charge in [0.25, 0.3) is 0 Å². The zero-order chi connectivity index (χ0) is 12.2. The van der Waals surface area contributed by atoms with Crippen molar-refractivity contribution < 1.29 is 0 Å². The van der Waals surface area contributed by atoms with E-state index in [-0.39, 0.29) is 0 Å². The molecule has 1 aromatic carbocycles. The van der Waals surface area contributed by atoms with Gasteiger partial charge in [0.05, 0.1) is 0 Å². The van der Waals surface area contributed by atoms with Gasteiger partial charge in [-0.05, 0) is 74.5 Å². The van der Waals surface area contributed by atoms with E-state index in [0.717, 1.165) is 17.8 Å². The van der Waals surface area contributed by atoms with Gasteiger partial charge in [0, 0.05) is 15.7 Å². The molecule has 4 bridgehead atoms. The summed E-state index contributed by atoms with van der Waals surface area (Å²) in [5, 5.41) is 3.90. The highest BCUT2D eigenvalue weighted by Gasteiger charge is 2.50. The fourth-order valence-electron chi connectivity index (χ4n) is 5.14. The Balaban J connectivity index is 1.60. The van der Waals surface area contributed by atoms with Gasteiger partial charge in [-0.2, -0.15) is 0 Å². The van der Waals surface area contributed by atoms with Crippen molar-refractivity contribution in [2.75, 3.05) is 5.32 Å². The van der Waals surface area contributed by atoms with E-state index in [4.69, 9.17) is 0 Å². The zero-order valence-electron chi connectivity index (χ0n) is 10.7. The molecule has 4 aliphatic carbocycles. The standard InChI is InChI=1S/C16H20BrN/c17-14-2-1-3-15(7-14)18-16-8-11-4-12(9-16)6-13(5-11)10-16/h1-3,7,11-13,18H,4-6,8-10H2. The summed E-state index contributed by atoms with van der Waals surface area (Å²) in [5.41, 5.74) is 1.72. The van der Waals surface area contributed by atoms with Gasteiger partial charge in [0.15, 0.2) is 0 Å². The van der Waals surface area contributed by atoms with Crippen molar-refractivity contribution in [3.05, 3.63) is 28.7 Å². The molecule has 1 aromatic rings. The Kier molecular flexibility index (Phi) is 2.52. The molecule has 96 valence electrons. The lowest BCUT2D eigenvalue weighted by molar-refractivity contribution is 0.0107. The molecule has 18 heavy (non-hydrogen) atoms. The molecular weight excluding hydrogens is 286 g/mol. The van der Waals surface area contributed by atoms with Crippen molar-refractivity contribution in [2.45, 2.75) is 44.1 Å². The van der Waals surface area contributed by atoms with E-state index in [0.29, 0.717) is 5.54 Å². The Morgan fingerprint density at radius 1 is 1.00 bits per heavy atom. The lowest BCUT2D eigenvalue weighted by Crippen LogP contribution is -2.54. The van der Waals surface area contributed by atoms with Crippen molar-refractivity contribution in [2.24, 2.45) is 17.8 Å². The van der Waals surface area contributed by atoms with E-state index < -0.39 is 0 Å². The molecule has 0 atom stereocenters. The Labute approximate surface area is 117 Å². The van der Waals surface area contributed by atoms with Crippen LogP contribution in [0.5, 0.6) is 0 Å². The molecule has 0 radical (unpaired) electrons. The van der Waals surface area contributed by atoms with Crippen molar-refractivity contribution >= 4 is 21.6 Å². The molecule has 1 nitrogen and oxygen atoms in total. The first-order chi connectivity index (χ1) is 8.71. The van der Waals surface area contributed by atoms with Crippen molar-refractivity contribution in [1.82, 2.24) is 0 Å². The van der Waals surface area contributed by atoms with Gasteiger partial charge in [-0.25, -0.2) is 0 Å². The maximum Gasteiger partial charge on any atom is 0.0381 e. The first-order valence-electron chi connectivity index (χ1n) is 7.25. The summed E-state index contributed by atoms with van der Waals surface area (Å²) in [6.45, 7) is 0. The van der Waals surface area contributed by atoms with Gasteiger partial charge >= 0.3 is 0 Å².